The first-order chi connectivity index (χ1) is 14.6. The van der Waals surface area contributed by atoms with E-state index >= 15 is 0 Å². The van der Waals surface area contributed by atoms with Gasteiger partial charge in [-0.15, -0.1) is 0 Å². The second-order valence-corrected chi connectivity index (χ2v) is 6.65. The van der Waals surface area contributed by atoms with Crippen molar-refractivity contribution in [3.63, 3.8) is 0 Å². The summed E-state index contributed by atoms with van der Waals surface area (Å²) in [4.78, 5) is 24.6. The van der Waals surface area contributed by atoms with Crippen LogP contribution in [0.4, 0.5) is 4.39 Å². The lowest BCUT2D eigenvalue weighted by Gasteiger charge is -2.17. The van der Waals surface area contributed by atoms with E-state index in [9.17, 15) is 14.0 Å². The van der Waals surface area contributed by atoms with Crippen molar-refractivity contribution in [2.45, 2.75) is 19.1 Å². The maximum absolute atomic E-state index is 13.9. The molecule has 3 aromatic rings. The first-order valence-corrected chi connectivity index (χ1v) is 9.45. The molecule has 1 N–H and O–H groups in total. The lowest BCUT2D eigenvalue weighted by atomic mass is 10.0. The molecule has 154 valence electrons. The molecule has 3 rings (SSSR count). The standard InChI is InChI=1S/C24H22FNO4/c1-29-24(28)22(26-23(27)20-12-5-6-13-21(20)25)15-18-10-7-11-19(14-18)30-16-17-8-3-2-4-9-17/h2-14,22H,15-16H2,1H3,(H,26,27)/t22-/m1/s1. The van der Waals surface area contributed by atoms with Crippen molar-refractivity contribution in [3.05, 3.63) is 101 Å². The average Bonchev–Trinajstić information content (AvgIpc) is 2.78. The van der Waals surface area contributed by atoms with E-state index < -0.39 is 23.7 Å². The molecule has 0 aliphatic rings. The molecule has 30 heavy (non-hydrogen) atoms. The fourth-order valence-corrected chi connectivity index (χ4v) is 2.96. The Labute approximate surface area is 174 Å². The molecule has 0 saturated carbocycles. The number of ether oxygens (including phenoxy) is 2. The van der Waals surface area contributed by atoms with Gasteiger partial charge in [-0.25, -0.2) is 9.18 Å². The van der Waals surface area contributed by atoms with Gasteiger partial charge in [0.25, 0.3) is 5.91 Å². The van der Waals surface area contributed by atoms with Crippen LogP contribution in [0.25, 0.3) is 0 Å². The summed E-state index contributed by atoms with van der Waals surface area (Å²) >= 11 is 0. The SMILES string of the molecule is COC(=O)[C@@H](Cc1cccc(OCc2ccccc2)c1)NC(=O)c1ccccc1F. The van der Waals surface area contributed by atoms with Crippen LogP contribution in [0.3, 0.4) is 0 Å². The molecule has 1 atom stereocenters. The van der Waals surface area contributed by atoms with Crippen LogP contribution in [0.1, 0.15) is 21.5 Å². The lowest BCUT2D eigenvalue weighted by Crippen LogP contribution is -2.43. The van der Waals surface area contributed by atoms with Crippen LogP contribution in [0, 0.1) is 5.82 Å². The number of rotatable bonds is 8. The van der Waals surface area contributed by atoms with Crippen LogP contribution in [-0.4, -0.2) is 25.0 Å². The van der Waals surface area contributed by atoms with Gasteiger partial charge in [-0.3, -0.25) is 4.79 Å². The largest absolute Gasteiger partial charge is 0.489 e. The Hall–Kier alpha value is -3.67. The van der Waals surface area contributed by atoms with Crippen LogP contribution in [0.15, 0.2) is 78.9 Å². The second kappa shape index (κ2) is 10.2. The van der Waals surface area contributed by atoms with Gasteiger partial charge in [0.2, 0.25) is 0 Å². The highest BCUT2D eigenvalue weighted by Crippen LogP contribution is 2.17. The summed E-state index contributed by atoms with van der Waals surface area (Å²) in [6.07, 6.45) is 0.176. The zero-order valence-electron chi connectivity index (χ0n) is 16.5. The second-order valence-electron chi connectivity index (χ2n) is 6.65. The highest BCUT2D eigenvalue weighted by atomic mass is 19.1. The number of halogens is 1. The highest BCUT2D eigenvalue weighted by molar-refractivity contribution is 5.97. The van der Waals surface area contributed by atoms with Crippen molar-refractivity contribution in [1.82, 2.24) is 5.32 Å². The first-order valence-electron chi connectivity index (χ1n) is 9.45. The molecule has 3 aromatic carbocycles. The first kappa shape index (κ1) is 21.0. The third kappa shape index (κ3) is 5.67. The Balaban J connectivity index is 1.69. The van der Waals surface area contributed by atoms with Crippen LogP contribution < -0.4 is 10.1 Å². The number of methoxy groups -OCH3 is 1. The number of carbonyl (C=O) groups is 2. The number of carbonyl (C=O) groups excluding carboxylic acids is 2. The number of nitrogens with one attached hydrogen (secondary N) is 1. The number of amides is 1. The van der Waals surface area contributed by atoms with Gasteiger partial charge in [0.1, 0.15) is 24.2 Å². The minimum Gasteiger partial charge on any atom is -0.489 e. The van der Waals surface area contributed by atoms with E-state index in [2.05, 4.69) is 5.32 Å². The Morgan fingerprint density at radius 3 is 2.37 bits per heavy atom. The Kier molecular flexibility index (Phi) is 7.16. The van der Waals surface area contributed by atoms with E-state index in [1.54, 1.807) is 12.1 Å². The van der Waals surface area contributed by atoms with E-state index in [4.69, 9.17) is 9.47 Å². The summed E-state index contributed by atoms with van der Waals surface area (Å²) in [5.74, 6) is -1.31. The van der Waals surface area contributed by atoms with Crippen molar-refractivity contribution in [3.8, 4) is 5.75 Å². The predicted molar refractivity (Wildman–Crippen MR) is 111 cm³/mol. The van der Waals surface area contributed by atoms with Gasteiger partial charge < -0.3 is 14.8 Å². The number of hydrogen-bond donors (Lipinski definition) is 1. The summed E-state index contributed by atoms with van der Waals surface area (Å²) in [6, 6.07) is 21.6. The smallest absolute Gasteiger partial charge is 0.328 e. The van der Waals surface area contributed by atoms with Crippen molar-refractivity contribution in [2.75, 3.05) is 7.11 Å². The normalized spacial score (nSPS) is 11.4. The monoisotopic (exact) mass is 407 g/mol. The summed E-state index contributed by atoms with van der Waals surface area (Å²) in [6.45, 7) is 0.411. The zero-order chi connectivity index (χ0) is 21.3. The summed E-state index contributed by atoms with van der Waals surface area (Å²) in [7, 11) is 1.24. The molecule has 1 amide bonds. The number of esters is 1. The van der Waals surface area contributed by atoms with Gasteiger partial charge in [-0.05, 0) is 35.4 Å². The molecule has 0 unspecified atom stereocenters. The van der Waals surface area contributed by atoms with Crippen molar-refractivity contribution < 1.29 is 23.5 Å². The molecular weight excluding hydrogens is 385 g/mol. The quantitative estimate of drug-likeness (QED) is 0.575. The van der Waals surface area contributed by atoms with E-state index in [1.807, 2.05) is 48.5 Å². The van der Waals surface area contributed by atoms with Gasteiger partial charge in [-0.2, -0.15) is 0 Å². The van der Waals surface area contributed by atoms with Gasteiger partial charge in [-0.1, -0.05) is 54.6 Å². The minimum atomic E-state index is -0.966. The summed E-state index contributed by atoms with van der Waals surface area (Å²) in [5.41, 5.74) is 1.67. The summed E-state index contributed by atoms with van der Waals surface area (Å²) < 4.78 is 24.5. The molecule has 5 nitrogen and oxygen atoms in total. The lowest BCUT2D eigenvalue weighted by molar-refractivity contribution is -0.142. The Morgan fingerprint density at radius 1 is 0.933 bits per heavy atom. The maximum atomic E-state index is 13.9. The third-order valence-electron chi connectivity index (χ3n) is 4.50. The fourth-order valence-electron chi connectivity index (χ4n) is 2.96. The van der Waals surface area contributed by atoms with Crippen LogP contribution >= 0.6 is 0 Å². The van der Waals surface area contributed by atoms with Crippen molar-refractivity contribution in [1.29, 1.82) is 0 Å². The molecule has 0 saturated heterocycles. The topological polar surface area (TPSA) is 64.6 Å². The van der Waals surface area contributed by atoms with Gasteiger partial charge in [0.05, 0.1) is 12.7 Å². The van der Waals surface area contributed by atoms with Crippen LogP contribution in [0.2, 0.25) is 0 Å². The maximum Gasteiger partial charge on any atom is 0.328 e. The highest BCUT2D eigenvalue weighted by Gasteiger charge is 2.24. The molecule has 0 spiro atoms. The van der Waals surface area contributed by atoms with Crippen molar-refractivity contribution >= 4 is 11.9 Å². The molecule has 6 heteroatoms. The molecule has 0 aliphatic carbocycles. The number of benzene rings is 3. The number of hydrogen-bond acceptors (Lipinski definition) is 4. The zero-order valence-corrected chi connectivity index (χ0v) is 16.5. The van der Waals surface area contributed by atoms with Gasteiger partial charge >= 0.3 is 5.97 Å². The molecule has 0 aliphatic heterocycles. The average molecular weight is 407 g/mol. The fraction of sp³-hybridized carbons (Fsp3) is 0.167. The van der Waals surface area contributed by atoms with E-state index in [0.717, 1.165) is 11.1 Å². The molecule has 0 fully saturated rings. The minimum absolute atomic E-state index is 0.133. The molecule has 0 radical (unpaired) electrons. The van der Waals surface area contributed by atoms with Crippen LogP contribution in [-0.2, 0) is 22.6 Å². The van der Waals surface area contributed by atoms with E-state index in [-0.39, 0.29) is 12.0 Å². The molecular formula is C24H22FNO4. The third-order valence-corrected chi connectivity index (χ3v) is 4.50. The Bertz CT molecular complexity index is 1010. The molecule has 0 bridgehead atoms. The van der Waals surface area contributed by atoms with Gasteiger partial charge in [0, 0.05) is 6.42 Å². The van der Waals surface area contributed by atoms with E-state index in [0.29, 0.717) is 12.4 Å². The predicted octanol–water partition coefficient (Wildman–Crippen LogP) is 3.92. The van der Waals surface area contributed by atoms with Crippen molar-refractivity contribution in [2.24, 2.45) is 0 Å². The Morgan fingerprint density at radius 2 is 1.63 bits per heavy atom. The summed E-state index contributed by atoms with van der Waals surface area (Å²) in [5, 5.41) is 2.56. The van der Waals surface area contributed by atoms with Crippen LogP contribution in [0.5, 0.6) is 5.75 Å². The molecule has 0 heterocycles. The molecule has 0 aromatic heterocycles. The van der Waals surface area contributed by atoms with E-state index in [1.165, 1.54) is 25.3 Å². The van der Waals surface area contributed by atoms with Gasteiger partial charge in [0.15, 0.2) is 0 Å².